The van der Waals surface area contributed by atoms with Crippen molar-refractivity contribution in [3.63, 3.8) is 0 Å². The Bertz CT molecular complexity index is 820. The van der Waals surface area contributed by atoms with Crippen LogP contribution in [0.2, 0.25) is 0 Å². The fourth-order valence-electron chi connectivity index (χ4n) is 2.43. The van der Waals surface area contributed by atoms with Crippen molar-refractivity contribution in [2.24, 2.45) is 0 Å². The van der Waals surface area contributed by atoms with Crippen LogP contribution in [0.5, 0.6) is 5.75 Å². The Balaban J connectivity index is 2.49. The molecule has 8 heteroatoms. The summed E-state index contributed by atoms with van der Waals surface area (Å²) in [4.78, 5) is 24.4. The standard InChI is InChI=1S/C18H25N3O5/c1-7-24-14-10-21-13(15(11(3)20-21)16(22)25-8-2)9-12(14)19-17(23)26-18(4,5)6/h9-10H,7-8H2,1-6H3,(H,19,23). The van der Waals surface area contributed by atoms with Crippen molar-refractivity contribution in [2.75, 3.05) is 18.5 Å². The number of fused-ring (bicyclic) bond motifs is 1. The molecule has 0 saturated heterocycles. The molecule has 2 rings (SSSR count). The highest BCUT2D eigenvalue weighted by molar-refractivity contribution is 5.99. The summed E-state index contributed by atoms with van der Waals surface area (Å²) in [7, 11) is 0. The molecule has 1 N–H and O–H groups in total. The average Bonchev–Trinajstić information content (AvgIpc) is 2.81. The molecule has 0 aliphatic rings. The van der Waals surface area contributed by atoms with E-state index in [0.717, 1.165) is 0 Å². The number of pyridine rings is 1. The van der Waals surface area contributed by atoms with Gasteiger partial charge < -0.3 is 14.2 Å². The minimum Gasteiger partial charge on any atom is -0.490 e. The maximum Gasteiger partial charge on any atom is 0.412 e. The lowest BCUT2D eigenvalue weighted by Gasteiger charge is -2.20. The van der Waals surface area contributed by atoms with E-state index < -0.39 is 17.7 Å². The molecular weight excluding hydrogens is 338 g/mol. The summed E-state index contributed by atoms with van der Waals surface area (Å²) in [5, 5.41) is 7.00. The number of carbonyl (C=O) groups is 2. The second-order valence-electron chi connectivity index (χ2n) is 6.62. The van der Waals surface area contributed by atoms with Gasteiger partial charge >= 0.3 is 12.1 Å². The zero-order valence-corrected chi connectivity index (χ0v) is 16.0. The molecule has 0 radical (unpaired) electrons. The molecule has 0 saturated carbocycles. The Morgan fingerprint density at radius 3 is 2.50 bits per heavy atom. The van der Waals surface area contributed by atoms with E-state index in [-0.39, 0.29) is 6.61 Å². The van der Waals surface area contributed by atoms with Crippen molar-refractivity contribution in [2.45, 2.75) is 47.1 Å². The molecule has 0 bridgehead atoms. The zero-order valence-electron chi connectivity index (χ0n) is 16.0. The highest BCUT2D eigenvalue weighted by Crippen LogP contribution is 2.29. The van der Waals surface area contributed by atoms with Crippen LogP contribution in [-0.4, -0.2) is 40.5 Å². The third-order valence-corrected chi connectivity index (χ3v) is 3.32. The van der Waals surface area contributed by atoms with Crippen LogP contribution in [0.25, 0.3) is 5.52 Å². The first kappa shape index (κ1) is 19.6. The molecule has 0 unspecified atom stereocenters. The summed E-state index contributed by atoms with van der Waals surface area (Å²) in [5.41, 5.74) is 1.14. The smallest absolute Gasteiger partial charge is 0.412 e. The van der Waals surface area contributed by atoms with E-state index in [0.29, 0.717) is 34.8 Å². The van der Waals surface area contributed by atoms with Crippen LogP contribution >= 0.6 is 0 Å². The number of hydrogen-bond acceptors (Lipinski definition) is 6. The highest BCUT2D eigenvalue weighted by atomic mass is 16.6. The van der Waals surface area contributed by atoms with Gasteiger partial charge in [0.15, 0.2) is 5.75 Å². The lowest BCUT2D eigenvalue weighted by atomic mass is 10.2. The predicted octanol–water partition coefficient (Wildman–Crippen LogP) is 3.57. The predicted molar refractivity (Wildman–Crippen MR) is 96.9 cm³/mol. The molecule has 2 aromatic rings. The number of carbonyl (C=O) groups excluding carboxylic acids is 2. The van der Waals surface area contributed by atoms with Crippen LogP contribution in [0, 0.1) is 6.92 Å². The van der Waals surface area contributed by atoms with Gasteiger partial charge in [0, 0.05) is 0 Å². The minimum absolute atomic E-state index is 0.260. The molecule has 0 aliphatic heterocycles. The summed E-state index contributed by atoms with van der Waals surface area (Å²) >= 11 is 0. The van der Waals surface area contributed by atoms with Crippen molar-refractivity contribution in [3.05, 3.63) is 23.5 Å². The van der Waals surface area contributed by atoms with Gasteiger partial charge in [0.2, 0.25) is 0 Å². The fraction of sp³-hybridized carbons (Fsp3) is 0.500. The van der Waals surface area contributed by atoms with Crippen molar-refractivity contribution in [1.29, 1.82) is 0 Å². The third kappa shape index (κ3) is 4.44. The topological polar surface area (TPSA) is 91.2 Å². The van der Waals surface area contributed by atoms with Crippen molar-refractivity contribution >= 4 is 23.3 Å². The molecule has 142 valence electrons. The number of amides is 1. The summed E-state index contributed by atoms with van der Waals surface area (Å²) < 4.78 is 17.5. The number of anilines is 1. The summed E-state index contributed by atoms with van der Waals surface area (Å²) in [5.74, 6) is -0.0452. The molecule has 0 atom stereocenters. The van der Waals surface area contributed by atoms with Crippen molar-refractivity contribution in [1.82, 2.24) is 9.61 Å². The first-order valence-electron chi connectivity index (χ1n) is 8.49. The average molecular weight is 363 g/mol. The van der Waals surface area contributed by atoms with Gasteiger partial charge in [-0.25, -0.2) is 14.1 Å². The number of hydrogen-bond donors (Lipinski definition) is 1. The SMILES string of the molecule is CCOC(=O)c1c(C)nn2cc(OCC)c(NC(=O)OC(C)(C)C)cc12. The number of ether oxygens (including phenoxy) is 3. The van der Waals surface area contributed by atoms with Gasteiger partial charge in [-0.1, -0.05) is 0 Å². The van der Waals surface area contributed by atoms with Crippen LogP contribution in [-0.2, 0) is 9.47 Å². The zero-order chi connectivity index (χ0) is 19.5. The van der Waals surface area contributed by atoms with E-state index in [1.54, 1.807) is 46.9 Å². The van der Waals surface area contributed by atoms with Gasteiger partial charge in [0.05, 0.1) is 36.3 Å². The van der Waals surface area contributed by atoms with Gasteiger partial charge in [-0.05, 0) is 47.6 Å². The summed E-state index contributed by atoms with van der Waals surface area (Å²) in [6, 6.07) is 1.63. The quantitative estimate of drug-likeness (QED) is 0.817. The van der Waals surface area contributed by atoms with Gasteiger partial charge in [0.25, 0.3) is 0 Å². The van der Waals surface area contributed by atoms with E-state index >= 15 is 0 Å². The number of rotatable bonds is 5. The van der Waals surface area contributed by atoms with Gasteiger partial charge in [0.1, 0.15) is 11.2 Å². The Labute approximate surface area is 152 Å². The summed E-state index contributed by atoms with van der Waals surface area (Å²) in [6.07, 6.45) is 0.998. The lowest BCUT2D eigenvalue weighted by molar-refractivity contribution is 0.0527. The number of esters is 1. The van der Waals surface area contributed by atoms with Crippen LogP contribution in [0.1, 0.15) is 50.7 Å². The Kier molecular flexibility index (Phi) is 5.74. The number of aryl methyl sites for hydroxylation is 1. The molecular formula is C18H25N3O5. The first-order valence-corrected chi connectivity index (χ1v) is 8.49. The number of nitrogens with zero attached hydrogens (tertiary/aromatic N) is 2. The second kappa shape index (κ2) is 7.63. The van der Waals surface area contributed by atoms with Gasteiger partial charge in [-0.3, -0.25) is 5.32 Å². The molecule has 1 amide bonds. The Hall–Kier alpha value is -2.77. The van der Waals surface area contributed by atoms with Crippen LogP contribution < -0.4 is 10.1 Å². The lowest BCUT2D eigenvalue weighted by Crippen LogP contribution is -2.27. The Morgan fingerprint density at radius 2 is 1.92 bits per heavy atom. The maximum absolute atomic E-state index is 12.3. The van der Waals surface area contributed by atoms with E-state index in [4.69, 9.17) is 14.2 Å². The fourth-order valence-corrected chi connectivity index (χ4v) is 2.43. The van der Waals surface area contributed by atoms with E-state index in [9.17, 15) is 9.59 Å². The number of nitrogens with one attached hydrogen (secondary N) is 1. The normalized spacial score (nSPS) is 11.3. The minimum atomic E-state index is -0.636. The molecule has 26 heavy (non-hydrogen) atoms. The van der Waals surface area contributed by atoms with Crippen LogP contribution in [0.15, 0.2) is 12.3 Å². The summed E-state index contributed by atoms with van der Waals surface area (Å²) in [6.45, 7) is 11.3. The first-order chi connectivity index (χ1) is 12.2. The Morgan fingerprint density at radius 1 is 1.23 bits per heavy atom. The van der Waals surface area contributed by atoms with Crippen molar-refractivity contribution in [3.8, 4) is 5.75 Å². The van der Waals surface area contributed by atoms with E-state index in [2.05, 4.69) is 10.4 Å². The molecule has 0 fully saturated rings. The van der Waals surface area contributed by atoms with Crippen LogP contribution in [0.3, 0.4) is 0 Å². The molecule has 0 aliphatic carbocycles. The van der Waals surface area contributed by atoms with Gasteiger partial charge in [-0.15, -0.1) is 0 Å². The molecule has 2 aromatic heterocycles. The van der Waals surface area contributed by atoms with E-state index in [1.807, 2.05) is 6.92 Å². The van der Waals surface area contributed by atoms with Gasteiger partial charge in [-0.2, -0.15) is 5.10 Å². The molecule has 0 spiro atoms. The van der Waals surface area contributed by atoms with Crippen molar-refractivity contribution < 1.29 is 23.8 Å². The monoisotopic (exact) mass is 363 g/mol. The van der Waals surface area contributed by atoms with Crippen LogP contribution in [0.4, 0.5) is 10.5 Å². The maximum atomic E-state index is 12.3. The van der Waals surface area contributed by atoms with E-state index in [1.165, 1.54) is 4.52 Å². The molecule has 8 nitrogen and oxygen atoms in total. The number of aromatic nitrogens is 2. The molecule has 0 aromatic carbocycles. The third-order valence-electron chi connectivity index (χ3n) is 3.32. The molecule has 2 heterocycles. The largest absolute Gasteiger partial charge is 0.490 e. The second-order valence-corrected chi connectivity index (χ2v) is 6.62. The highest BCUT2D eigenvalue weighted by Gasteiger charge is 2.22.